The second kappa shape index (κ2) is 11.0. The molecule has 1 aliphatic heterocycles. The molecule has 198 valence electrons. The van der Waals surface area contributed by atoms with Gasteiger partial charge < -0.3 is 14.5 Å². The summed E-state index contributed by atoms with van der Waals surface area (Å²) in [7, 11) is 0. The number of carbonyl (C=O) groups is 2. The predicted octanol–water partition coefficient (Wildman–Crippen LogP) is 4.88. The molecule has 0 amide bonds. The summed E-state index contributed by atoms with van der Waals surface area (Å²) in [6.45, 7) is 6.04. The summed E-state index contributed by atoms with van der Waals surface area (Å²) in [5.41, 5.74) is 0.190. The third kappa shape index (κ3) is 6.07. The minimum atomic E-state index is -5.03. The highest BCUT2D eigenvalue weighted by Gasteiger charge is 2.53. The first kappa shape index (κ1) is 27.6. The van der Waals surface area contributed by atoms with Crippen LogP contribution in [0.25, 0.3) is 0 Å². The number of nitrogens with zero attached hydrogens (tertiary/aromatic N) is 2. The average Bonchev–Trinajstić information content (AvgIpc) is 3.14. The van der Waals surface area contributed by atoms with Crippen LogP contribution in [0, 0.1) is 29.9 Å². The van der Waals surface area contributed by atoms with Crippen LogP contribution in [0.3, 0.4) is 0 Å². The number of benzene rings is 1. The van der Waals surface area contributed by atoms with E-state index in [4.69, 9.17) is 9.47 Å². The van der Waals surface area contributed by atoms with E-state index in [0.717, 1.165) is 29.1 Å². The minimum absolute atomic E-state index is 0.0488. The number of aromatic amines is 1. The molecule has 0 saturated heterocycles. The van der Waals surface area contributed by atoms with Crippen LogP contribution in [0.5, 0.6) is 0 Å². The van der Waals surface area contributed by atoms with Crippen molar-refractivity contribution in [1.82, 2.24) is 4.98 Å². The molecule has 2 aromatic rings. The number of aliphatic imine (C=N–C) groups is 1. The highest BCUT2D eigenvalue weighted by atomic mass is 19.4. The van der Waals surface area contributed by atoms with Crippen molar-refractivity contribution >= 4 is 23.3 Å². The Morgan fingerprint density at radius 3 is 2.43 bits per heavy atom. The molecule has 1 aromatic carbocycles. The van der Waals surface area contributed by atoms with Crippen LogP contribution in [-0.2, 0) is 25.5 Å². The van der Waals surface area contributed by atoms with Gasteiger partial charge in [0.1, 0.15) is 11.6 Å². The number of ether oxygens (including phenoxy) is 2. The number of alkyl halides is 3. The number of aryl methyl sites for hydroxylation is 2. The van der Waals surface area contributed by atoms with Crippen LogP contribution in [-0.4, -0.2) is 46.9 Å². The van der Waals surface area contributed by atoms with Gasteiger partial charge in [-0.25, -0.2) is 4.79 Å². The van der Waals surface area contributed by atoms with E-state index in [0.29, 0.717) is 6.42 Å². The monoisotopic (exact) mass is 521 g/mol. The highest BCUT2D eigenvalue weighted by Crippen LogP contribution is 2.44. The Balaban J connectivity index is 2.08. The quantitative estimate of drug-likeness (QED) is 0.300. The number of nitro benzene ring substituents is 1. The Bertz CT molecular complexity index is 1280. The zero-order valence-corrected chi connectivity index (χ0v) is 20.6. The van der Waals surface area contributed by atoms with E-state index in [9.17, 15) is 32.9 Å². The second-order valence-electron chi connectivity index (χ2n) is 8.54. The molecular weight excluding hydrogens is 495 g/mol. The number of rotatable bonds is 8. The standard InChI is InChI=1S/C25H26F3N3O6/c1-5-36-24(33)21-20(17-7-6-8-18(12-17)31(34)35)19(15(4)30-22(21)25(26,27)28)23(32)37-10-9-16-11-13(2)29-14(16)3/h6-8,11-12,20-21,29H,5,9-10H2,1-4H3. The number of halogens is 3. The fourth-order valence-corrected chi connectivity index (χ4v) is 4.42. The Morgan fingerprint density at radius 2 is 1.86 bits per heavy atom. The van der Waals surface area contributed by atoms with Gasteiger partial charge in [0.05, 0.1) is 23.7 Å². The minimum Gasteiger partial charge on any atom is -0.465 e. The first-order chi connectivity index (χ1) is 17.3. The van der Waals surface area contributed by atoms with E-state index < -0.39 is 46.3 Å². The summed E-state index contributed by atoms with van der Waals surface area (Å²) >= 11 is 0. The Kier molecular flexibility index (Phi) is 8.19. The van der Waals surface area contributed by atoms with Crippen LogP contribution >= 0.6 is 0 Å². The maximum atomic E-state index is 14.0. The summed E-state index contributed by atoms with van der Waals surface area (Å²) in [5.74, 6) is -5.87. The van der Waals surface area contributed by atoms with Crippen LogP contribution < -0.4 is 0 Å². The highest BCUT2D eigenvalue weighted by molar-refractivity contribution is 6.10. The SMILES string of the molecule is CCOC(=O)C1C(C(F)(F)F)=NC(C)=C(C(=O)OCCc2cc(C)[nH]c2C)C1c1cccc([N+](=O)[O-])c1. The number of non-ortho nitro benzene ring substituents is 1. The lowest BCUT2D eigenvalue weighted by atomic mass is 9.75. The molecule has 0 radical (unpaired) electrons. The van der Waals surface area contributed by atoms with Gasteiger partial charge in [-0.3, -0.25) is 19.9 Å². The predicted molar refractivity (Wildman–Crippen MR) is 127 cm³/mol. The molecule has 1 N–H and O–H groups in total. The van der Waals surface area contributed by atoms with Crippen LogP contribution in [0.4, 0.5) is 18.9 Å². The van der Waals surface area contributed by atoms with Gasteiger partial charge in [-0.05, 0) is 44.9 Å². The first-order valence-corrected chi connectivity index (χ1v) is 11.4. The molecule has 2 heterocycles. The number of nitrogens with one attached hydrogen (secondary N) is 1. The fraction of sp³-hybridized carbons (Fsp3) is 0.400. The molecule has 9 nitrogen and oxygen atoms in total. The Hall–Kier alpha value is -3.96. The molecular formula is C25H26F3N3O6. The third-order valence-electron chi connectivity index (χ3n) is 5.97. The van der Waals surface area contributed by atoms with E-state index in [1.54, 1.807) is 0 Å². The van der Waals surface area contributed by atoms with E-state index in [2.05, 4.69) is 9.98 Å². The second-order valence-corrected chi connectivity index (χ2v) is 8.54. The zero-order valence-electron chi connectivity index (χ0n) is 20.6. The summed E-state index contributed by atoms with van der Waals surface area (Å²) < 4.78 is 52.4. The van der Waals surface area contributed by atoms with Gasteiger partial charge in [0.15, 0.2) is 0 Å². The number of carbonyl (C=O) groups excluding carboxylic acids is 2. The van der Waals surface area contributed by atoms with Crippen molar-refractivity contribution in [1.29, 1.82) is 0 Å². The lowest BCUT2D eigenvalue weighted by Crippen LogP contribution is -2.44. The van der Waals surface area contributed by atoms with Crippen molar-refractivity contribution in [3.05, 3.63) is 74.2 Å². The number of nitro groups is 1. The summed E-state index contributed by atoms with van der Waals surface area (Å²) in [4.78, 5) is 43.5. The molecule has 0 fully saturated rings. The lowest BCUT2D eigenvalue weighted by Gasteiger charge is -2.33. The van der Waals surface area contributed by atoms with Gasteiger partial charge in [0, 0.05) is 41.6 Å². The molecule has 0 aliphatic carbocycles. The number of aromatic nitrogens is 1. The van der Waals surface area contributed by atoms with Crippen molar-refractivity contribution in [2.24, 2.45) is 10.9 Å². The molecule has 0 spiro atoms. The molecule has 12 heteroatoms. The maximum absolute atomic E-state index is 14.0. The topological polar surface area (TPSA) is 124 Å². The molecule has 37 heavy (non-hydrogen) atoms. The number of H-pyrrole nitrogens is 1. The summed E-state index contributed by atoms with van der Waals surface area (Å²) in [5, 5.41) is 11.4. The molecule has 0 bridgehead atoms. The van der Waals surface area contributed by atoms with Crippen molar-refractivity contribution < 1.29 is 37.2 Å². The Labute approximate surface area is 210 Å². The largest absolute Gasteiger partial charge is 0.465 e. The van der Waals surface area contributed by atoms with Gasteiger partial charge >= 0.3 is 18.1 Å². The van der Waals surface area contributed by atoms with Gasteiger partial charge in [-0.1, -0.05) is 12.1 Å². The van der Waals surface area contributed by atoms with Crippen molar-refractivity contribution in [3.63, 3.8) is 0 Å². The average molecular weight is 521 g/mol. The fourth-order valence-electron chi connectivity index (χ4n) is 4.42. The number of hydrogen-bond acceptors (Lipinski definition) is 7. The molecule has 2 unspecified atom stereocenters. The number of esters is 2. The number of allylic oxidation sites excluding steroid dienone is 1. The van der Waals surface area contributed by atoms with E-state index in [1.165, 1.54) is 26.0 Å². The summed E-state index contributed by atoms with van der Waals surface area (Å²) in [6, 6.07) is 6.65. The van der Waals surface area contributed by atoms with Crippen LogP contribution in [0.1, 0.15) is 42.3 Å². The van der Waals surface area contributed by atoms with Crippen LogP contribution in [0.15, 0.2) is 46.6 Å². The zero-order chi connectivity index (χ0) is 27.5. The van der Waals surface area contributed by atoms with Crippen LogP contribution in [0.2, 0.25) is 0 Å². The molecule has 3 rings (SSSR count). The van der Waals surface area contributed by atoms with E-state index >= 15 is 0 Å². The summed E-state index contributed by atoms with van der Waals surface area (Å²) in [6.07, 6.45) is -4.69. The smallest absolute Gasteiger partial charge is 0.430 e. The van der Waals surface area contributed by atoms with E-state index in [1.807, 2.05) is 19.9 Å². The van der Waals surface area contributed by atoms with Gasteiger partial charge in [-0.2, -0.15) is 13.2 Å². The van der Waals surface area contributed by atoms with Crippen molar-refractivity contribution in [2.45, 2.75) is 46.2 Å². The maximum Gasteiger partial charge on any atom is 0.430 e. The normalized spacial score (nSPS) is 17.9. The number of hydrogen-bond donors (Lipinski definition) is 1. The van der Waals surface area contributed by atoms with Gasteiger partial charge in [-0.15, -0.1) is 0 Å². The molecule has 2 atom stereocenters. The van der Waals surface area contributed by atoms with Gasteiger partial charge in [0.2, 0.25) is 0 Å². The molecule has 1 aromatic heterocycles. The van der Waals surface area contributed by atoms with E-state index in [-0.39, 0.29) is 30.0 Å². The van der Waals surface area contributed by atoms with Crippen molar-refractivity contribution in [2.75, 3.05) is 13.2 Å². The third-order valence-corrected chi connectivity index (χ3v) is 5.97. The molecule has 1 aliphatic rings. The Morgan fingerprint density at radius 1 is 1.16 bits per heavy atom. The molecule has 0 saturated carbocycles. The van der Waals surface area contributed by atoms with Gasteiger partial charge in [0.25, 0.3) is 5.69 Å². The first-order valence-electron chi connectivity index (χ1n) is 11.4. The lowest BCUT2D eigenvalue weighted by molar-refractivity contribution is -0.384. The van der Waals surface area contributed by atoms with Crippen molar-refractivity contribution in [3.8, 4) is 0 Å².